The third kappa shape index (κ3) is 3.80. The molecule has 0 spiro atoms. The van der Waals surface area contributed by atoms with Crippen molar-refractivity contribution < 1.29 is 8.42 Å². The molecule has 2 nitrogen and oxygen atoms in total. The monoisotopic (exact) mass is 336 g/mol. The summed E-state index contributed by atoms with van der Waals surface area (Å²) < 4.78 is 23.0. The maximum absolute atomic E-state index is 11.5. The van der Waals surface area contributed by atoms with Crippen molar-refractivity contribution in [3.05, 3.63) is 22.4 Å². The average Bonchev–Trinajstić information content (AvgIpc) is 2.89. The summed E-state index contributed by atoms with van der Waals surface area (Å²) in [5, 5.41) is 5.19. The van der Waals surface area contributed by atoms with E-state index >= 15 is 0 Å². The molecule has 0 radical (unpaired) electrons. The van der Waals surface area contributed by atoms with Gasteiger partial charge in [0.2, 0.25) is 0 Å². The van der Waals surface area contributed by atoms with Gasteiger partial charge in [0.05, 0.1) is 11.5 Å². The zero-order valence-corrected chi connectivity index (χ0v) is 12.9. The molecule has 17 heavy (non-hydrogen) atoms. The Hall–Kier alpha value is 0.130. The number of hydrogen-bond acceptors (Lipinski definition) is 3. The van der Waals surface area contributed by atoms with Crippen LogP contribution in [0.5, 0.6) is 0 Å². The Kier molecular flexibility index (Phi) is 4.66. The Morgan fingerprint density at radius 3 is 2.88 bits per heavy atom. The van der Waals surface area contributed by atoms with Gasteiger partial charge in [-0.15, -0.1) is 0 Å². The molecule has 2 heterocycles. The number of rotatable bonds is 5. The van der Waals surface area contributed by atoms with E-state index in [9.17, 15) is 8.42 Å². The van der Waals surface area contributed by atoms with Crippen LogP contribution in [0.4, 0.5) is 0 Å². The normalized spacial score (nSPS) is 24.9. The van der Waals surface area contributed by atoms with Crippen LogP contribution in [-0.4, -0.2) is 25.3 Å². The second-order valence-corrected chi connectivity index (χ2v) is 8.40. The van der Waals surface area contributed by atoms with Crippen LogP contribution >= 0.6 is 27.3 Å². The van der Waals surface area contributed by atoms with Gasteiger partial charge in [-0.2, -0.15) is 11.3 Å². The number of thiophene rings is 1. The molecule has 0 N–H and O–H groups in total. The summed E-state index contributed by atoms with van der Waals surface area (Å²) in [5.41, 5.74) is 1.38. The number of halogens is 1. The minimum Gasteiger partial charge on any atom is -0.229 e. The molecule has 1 saturated heterocycles. The topological polar surface area (TPSA) is 34.1 Å². The van der Waals surface area contributed by atoms with Crippen molar-refractivity contribution >= 4 is 37.1 Å². The lowest BCUT2D eigenvalue weighted by molar-refractivity contribution is 0.380. The van der Waals surface area contributed by atoms with Crippen LogP contribution in [0.1, 0.15) is 18.4 Å². The molecule has 1 aromatic heterocycles. The first-order valence-corrected chi connectivity index (χ1v) is 9.77. The van der Waals surface area contributed by atoms with Crippen molar-refractivity contribution in [2.45, 2.75) is 19.3 Å². The minimum absolute atomic E-state index is 0.359. The third-order valence-corrected chi connectivity index (χ3v) is 6.87. The molecule has 5 heteroatoms. The molecule has 0 bridgehead atoms. The zero-order valence-electron chi connectivity index (χ0n) is 9.64. The van der Waals surface area contributed by atoms with Gasteiger partial charge in [-0.1, -0.05) is 15.9 Å². The summed E-state index contributed by atoms with van der Waals surface area (Å²) >= 11 is 5.26. The highest BCUT2D eigenvalue weighted by molar-refractivity contribution is 9.09. The van der Waals surface area contributed by atoms with Crippen LogP contribution in [0.3, 0.4) is 0 Å². The van der Waals surface area contributed by atoms with Gasteiger partial charge in [-0.05, 0) is 53.5 Å². The SMILES string of the molecule is O=S1(=O)CCC(C(CBr)CCc2ccsc2)C1. The van der Waals surface area contributed by atoms with Crippen LogP contribution in [0.15, 0.2) is 16.8 Å². The summed E-state index contributed by atoms with van der Waals surface area (Å²) in [7, 11) is -2.74. The first-order chi connectivity index (χ1) is 8.11. The number of sulfone groups is 1. The fourth-order valence-corrected chi connectivity index (χ4v) is 5.90. The summed E-state index contributed by atoms with van der Waals surface area (Å²) in [6.45, 7) is 0. The standard InChI is InChI=1S/C12H17BrO2S2/c13-7-11(2-1-10-3-5-16-8-10)12-4-6-17(14,15)9-12/h3,5,8,11-12H,1-2,4,6-7,9H2. The molecule has 96 valence electrons. The van der Waals surface area contributed by atoms with E-state index < -0.39 is 9.84 Å². The van der Waals surface area contributed by atoms with Crippen molar-refractivity contribution in [1.29, 1.82) is 0 Å². The first-order valence-electron chi connectivity index (χ1n) is 5.88. The molecule has 1 aliphatic rings. The Morgan fingerprint density at radius 2 is 2.35 bits per heavy atom. The second kappa shape index (κ2) is 5.85. The van der Waals surface area contributed by atoms with Crippen molar-refractivity contribution in [3.63, 3.8) is 0 Å². The van der Waals surface area contributed by atoms with Crippen molar-refractivity contribution in [2.75, 3.05) is 16.8 Å². The lowest BCUT2D eigenvalue weighted by Crippen LogP contribution is -2.18. The summed E-state index contributed by atoms with van der Waals surface area (Å²) in [5.74, 6) is 1.64. The van der Waals surface area contributed by atoms with Crippen LogP contribution in [-0.2, 0) is 16.3 Å². The van der Waals surface area contributed by atoms with Crippen LogP contribution in [0.25, 0.3) is 0 Å². The van der Waals surface area contributed by atoms with E-state index in [1.54, 1.807) is 11.3 Å². The van der Waals surface area contributed by atoms with E-state index in [2.05, 4.69) is 32.8 Å². The van der Waals surface area contributed by atoms with E-state index in [1.165, 1.54) is 5.56 Å². The number of aryl methyl sites for hydroxylation is 1. The Morgan fingerprint density at radius 1 is 1.53 bits per heavy atom. The van der Waals surface area contributed by atoms with E-state index in [-0.39, 0.29) is 0 Å². The largest absolute Gasteiger partial charge is 0.229 e. The number of alkyl halides is 1. The lowest BCUT2D eigenvalue weighted by Gasteiger charge is -2.19. The van der Waals surface area contributed by atoms with Crippen LogP contribution < -0.4 is 0 Å². The lowest BCUT2D eigenvalue weighted by atomic mass is 9.89. The van der Waals surface area contributed by atoms with Gasteiger partial charge < -0.3 is 0 Å². The van der Waals surface area contributed by atoms with Gasteiger partial charge in [0.1, 0.15) is 0 Å². The van der Waals surface area contributed by atoms with Gasteiger partial charge in [0, 0.05) is 5.33 Å². The fraction of sp³-hybridized carbons (Fsp3) is 0.667. The van der Waals surface area contributed by atoms with Crippen LogP contribution in [0.2, 0.25) is 0 Å². The summed E-state index contributed by atoms with van der Waals surface area (Å²) in [6, 6.07) is 2.15. The highest BCUT2D eigenvalue weighted by Gasteiger charge is 2.32. The maximum atomic E-state index is 11.5. The summed E-state index contributed by atoms with van der Waals surface area (Å²) in [4.78, 5) is 0. The molecule has 0 amide bonds. The van der Waals surface area contributed by atoms with Crippen molar-refractivity contribution in [1.82, 2.24) is 0 Å². The quantitative estimate of drug-likeness (QED) is 0.774. The molecule has 2 atom stereocenters. The van der Waals surface area contributed by atoms with Gasteiger partial charge in [-0.25, -0.2) is 8.42 Å². The molecule has 2 unspecified atom stereocenters. The molecule has 0 saturated carbocycles. The van der Waals surface area contributed by atoms with Crippen molar-refractivity contribution in [3.8, 4) is 0 Å². The molecular weight excluding hydrogens is 320 g/mol. The molecule has 0 aromatic carbocycles. The third-order valence-electron chi connectivity index (χ3n) is 3.52. The number of hydrogen-bond donors (Lipinski definition) is 0. The molecule has 1 fully saturated rings. The highest BCUT2D eigenvalue weighted by atomic mass is 79.9. The maximum Gasteiger partial charge on any atom is 0.150 e. The molecule has 1 aromatic rings. The van der Waals surface area contributed by atoms with Crippen LogP contribution in [0, 0.1) is 11.8 Å². The fourth-order valence-electron chi connectivity index (χ4n) is 2.42. The smallest absolute Gasteiger partial charge is 0.150 e. The summed E-state index contributed by atoms with van der Waals surface area (Å²) in [6.07, 6.45) is 3.00. The van der Waals surface area contributed by atoms with E-state index in [0.29, 0.717) is 23.3 Å². The highest BCUT2D eigenvalue weighted by Crippen LogP contribution is 2.30. The zero-order chi connectivity index (χ0) is 12.3. The van der Waals surface area contributed by atoms with Gasteiger partial charge in [-0.3, -0.25) is 0 Å². The Balaban J connectivity index is 1.89. The Bertz CT molecular complexity index is 439. The molecule has 0 aliphatic carbocycles. The van der Waals surface area contributed by atoms with Gasteiger partial charge in [0.25, 0.3) is 0 Å². The van der Waals surface area contributed by atoms with Gasteiger partial charge in [0.15, 0.2) is 9.84 Å². The van der Waals surface area contributed by atoms with Gasteiger partial charge >= 0.3 is 0 Å². The van der Waals surface area contributed by atoms with E-state index in [0.717, 1.165) is 24.6 Å². The molecule has 2 rings (SSSR count). The predicted octanol–water partition coefficient (Wildman–Crippen LogP) is 3.13. The molecular formula is C12H17BrO2S2. The predicted molar refractivity (Wildman–Crippen MR) is 76.7 cm³/mol. The van der Waals surface area contributed by atoms with E-state index in [1.807, 2.05) is 0 Å². The average molecular weight is 337 g/mol. The molecule has 1 aliphatic heterocycles. The first kappa shape index (κ1) is 13.6. The Labute approximate surface area is 115 Å². The van der Waals surface area contributed by atoms with E-state index in [4.69, 9.17) is 0 Å². The minimum atomic E-state index is -2.74. The second-order valence-electron chi connectivity index (χ2n) is 4.75. The van der Waals surface area contributed by atoms with Crippen molar-refractivity contribution in [2.24, 2.45) is 11.8 Å².